The highest BCUT2D eigenvalue weighted by atomic mass is 16.1. The highest BCUT2D eigenvalue weighted by Crippen LogP contribution is 1.95. The van der Waals surface area contributed by atoms with Crippen LogP contribution in [0.25, 0.3) is 0 Å². The van der Waals surface area contributed by atoms with E-state index in [4.69, 9.17) is 5.73 Å². The number of nitrogens with two attached hydrogens (primary N) is 1. The zero-order valence-corrected chi connectivity index (χ0v) is 7.66. The molecular weight excluding hydrogens is 152 g/mol. The Kier molecular flexibility index (Phi) is 4.69. The van der Waals surface area contributed by atoms with Crippen molar-refractivity contribution < 1.29 is 4.79 Å². The summed E-state index contributed by atoms with van der Waals surface area (Å²) in [6.45, 7) is 5.81. The normalized spacial score (nSPS) is 8.25. The third-order valence-electron chi connectivity index (χ3n) is 1.14. The predicted octanol–water partition coefficient (Wildman–Crippen LogP) is 1.52. The van der Waals surface area contributed by atoms with Gasteiger partial charge in [-0.15, -0.1) is 0 Å². The molecule has 12 heavy (non-hydrogen) atoms. The lowest BCUT2D eigenvalue weighted by molar-refractivity contribution is 0.0995. The van der Waals surface area contributed by atoms with Crippen LogP contribution in [-0.2, 0) is 0 Å². The first-order valence-electron chi connectivity index (χ1n) is 3.93. The van der Waals surface area contributed by atoms with Crippen LogP contribution in [0.2, 0.25) is 0 Å². The second-order valence-electron chi connectivity index (χ2n) is 2.03. The number of carbonyl (C=O) groups excluding carboxylic acids is 1. The Labute approximate surface area is 72.6 Å². The number of aromatic nitrogens is 1. The minimum atomic E-state index is -0.483. The molecule has 0 saturated heterocycles. The molecule has 0 saturated carbocycles. The molecule has 66 valence electrons. The van der Waals surface area contributed by atoms with Crippen molar-refractivity contribution in [2.45, 2.75) is 20.8 Å². The van der Waals surface area contributed by atoms with E-state index in [1.807, 2.05) is 26.8 Å². The van der Waals surface area contributed by atoms with Gasteiger partial charge in [-0.3, -0.25) is 4.79 Å². The molecule has 0 unspecified atom stereocenters. The molecule has 2 N–H and O–H groups in total. The molecule has 1 rings (SSSR count). The quantitative estimate of drug-likeness (QED) is 0.687. The summed E-state index contributed by atoms with van der Waals surface area (Å²) >= 11 is 0. The Morgan fingerprint density at radius 3 is 2.33 bits per heavy atom. The van der Waals surface area contributed by atoms with Gasteiger partial charge in [0.1, 0.15) is 5.69 Å². The molecule has 1 heterocycles. The summed E-state index contributed by atoms with van der Waals surface area (Å²) in [5.74, 6) is -0.483. The third kappa shape index (κ3) is 3.14. The summed E-state index contributed by atoms with van der Waals surface area (Å²) in [7, 11) is 0. The van der Waals surface area contributed by atoms with E-state index in [1.54, 1.807) is 12.1 Å². The van der Waals surface area contributed by atoms with E-state index in [2.05, 4.69) is 4.98 Å². The van der Waals surface area contributed by atoms with Crippen LogP contribution >= 0.6 is 0 Å². The van der Waals surface area contributed by atoms with Gasteiger partial charge in [0.25, 0.3) is 5.91 Å². The number of nitrogens with zero attached hydrogens (tertiary/aromatic N) is 1. The summed E-state index contributed by atoms with van der Waals surface area (Å²) in [5.41, 5.74) is 6.10. The van der Waals surface area contributed by atoms with Gasteiger partial charge in [-0.1, -0.05) is 19.9 Å². The number of carbonyl (C=O) groups is 1. The van der Waals surface area contributed by atoms with Gasteiger partial charge in [0.05, 0.1) is 0 Å². The number of rotatable bonds is 1. The van der Waals surface area contributed by atoms with Crippen LogP contribution in [0.1, 0.15) is 30.0 Å². The van der Waals surface area contributed by atoms with E-state index in [0.29, 0.717) is 5.69 Å². The highest BCUT2D eigenvalue weighted by Gasteiger charge is 1.98. The first-order valence-corrected chi connectivity index (χ1v) is 3.93. The van der Waals surface area contributed by atoms with Gasteiger partial charge in [-0.05, 0) is 19.1 Å². The molecule has 1 aromatic rings. The van der Waals surface area contributed by atoms with Crippen LogP contribution in [0.4, 0.5) is 0 Å². The Bertz CT molecular complexity index is 258. The van der Waals surface area contributed by atoms with Gasteiger partial charge >= 0.3 is 0 Å². The molecule has 3 nitrogen and oxygen atoms in total. The summed E-state index contributed by atoms with van der Waals surface area (Å²) in [6.07, 6.45) is 0. The number of primary amides is 1. The fourth-order valence-corrected chi connectivity index (χ4v) is 0.680. The molecule has 0 aliphatic rings. The molecule has 0 spiro atoms. The van der Waals surface area contributed by atoms with E-state index >= 15 is 0 Å². The maximum atomic E-state index is 10.5. The van der Waals surface area contributed by atoms with E-state index in [9.17, 15) is 4.79 Å². The molecule has 0 bridgehead atoms. The third-order valence-corrected chi connectivity index (χ3v) is 1.14. The molecule has 0 aliphatic carbocycles. The Morgan fingerprint density at radius 1 is 1.42 bits per heavy atom. The lowest BCUT2D eigenvalue weighted by Gasteiger charge is -1.93. The van der Waals surface area contributed by atoms with Gasteiger partial charge < -0.3 is 5.73 Å². The molecule has 0 aromatic carbocycles. The molecule has 0 radical (unpaired) electrons. The van der Waals surface area contributed by atoms with Crippen LogP contribution in [0.5, 0.6) is 0 Å². The van der Waals surface area contributed by atoms with Crippen molar-refractivity contribution in [1.29, 1.82) is 0 Å². The van der Waals surface area contributed by atoms with Crippen LogP contribution < -0.4 is 5.73 Å². The summed E-state index contributed by atoms with van der Waals surface area (Å²) in [4.78, 5) is 14.4. The van der Waals surface area contributed by atoms with Crippen molar-refractivity contribution in [2.75, 3.05) is 0 Å². The minimum Gasteiger partial charge on any atom is -0.364 e. The predicted molar refractivity (Wildman–Crippen MR) is 48.8 cm³/mol. The standard InChI is InChI=1S/C7H8N2O.C2H6/c1-5-3-2-4-6(9-5)7(8)10;1-2/h2-4H,1H3,(H2,8,10);1-2H3. The van der Waals surface area contributed by atoms with Crippen LogP contribution in [0.15, 0.2) is 18.2 Å². The largest absolute Gasteiger partial charge is 0.364 e. The van der Waals surface area contributed by atoms with E-state index in [0.717, 1.165) is 5.69 Å². The Morgan fingerprint density at radius 2 is 2.00 bits per heavy atom. The van der Waals surface area contributed by atoms with E-state index in [1.165, 1.54) is 0 Å². The zero-order valence-electron chi connectivity index (χ0n) is 7.66. The average Bonchev–Trinajstić information content (AvgIpc) is 2.08. The van der Waals surface area contributed by atoms with Crippen molar-refractivity contribution in [3.05, 3.63) is 29.6 Å². The van der Waals surface area contributed by atoms with Crippen molar-refractivity contribution in [1.82, 2.24) is 4.98 Å². The van der Waals surface area contributed by atoms with Crippen molar-refractivity contribution in [3.8, 4) is 0 Å². The summed E-state index contributed by atoms with van der Waals surface area (Å²) < 4.78 is 0. The number of hydrogen-bond donors (Lipinski definition) is 1. The van der Waals surface area contributed by atoms with Crippen molar-refractivity contribution >= 4 is 5.91 Å². The zero-order chi connectivity index (χ0) is 9.56. The van der Waals surface area contributed by atoms with Crippen LogP contribution in [0.3, 0.4) is 0 Å². The maximum absolute atomic E-state index is 10.5. The number of hydrogen-bond acceptors (Lipinski definition) is 2. The first kappa shape index (κ1) is 10.6. The molecular formula is C9H14N2O. The summed E-state index contributed by atoms with van der Waals surface area (Å²) in [6, 6.07) is 5.16. The minimum absolute atomic E-state index is 0.319. The fourth-order valence-electron chi connectivity index (χ4n) is 0.680. The smallest absolute Gasteiger partial charge is 0.267 e. The molecule has 0 aliphatic heterocycles. The lowest BCUT2D eigenvalue weighted by Crippen LogP contribution is -2.12. The van der Waals surface area contributed by atoms with Crippen LogP contribution in [-0.4, -0.2) is 10.9 Å². The van der Waals surface area contributed by atoms with Crippen molar-refractivity contribution in [2.24, 2.45) is 5.73 Å². The molecule has 0 fully saturated rings. The number of amides is 1. The fraction of sp³-hybridized carbons (Fsp3) is 0.333. The van der Waals surface area contributed by atoms with Gasteiger partial charge in [0, 0.05) is 5.69 Å². The summed E-state index contributed by atoms with van der Waals surface area (Å²) in [5, 5.41) is 0. The second kappa shape index (κ2) is 5.29. The van der Waals surface area contributed by atoms with E-state index < -0.39 is 5.91 Å². The second-order valence-corrected chi connectivity index (χ2v) is 2.03. The number of pyridine rings is 1. The van der Waals surface area contributed by atoms with Gasteiger partial charge in [-0.2, -0.15) is 0 Å². The van der Waals surface area contributed by atoms with E-state index in [-0.39, 0.29) is 0 Å². The molecule has 1 aromatic heterocycles. The lowest BCUT2D eigenvalue weighted by atomic mass is 10.3. The highest BCUT2D eigenvalue weighted by molar-refractivity contribution is 5.90. The maximum Gasteiger partial charge on any atom is 0.267 e. The SMILES string of the molecule is CC.Cc1cccc(C(N)=O)n1. The molecule has 0 atom stereocenters. The Balaban J connectivity index is 0.000000561. The topological polar surface area (TPSA) is 56.0 Å². The van der Waals surface area contributed by atoms with Gasteiger partial charge in [0.2, 0.25) is 0 Å². The monoisotopic (exact) mass is 166 g/mol. The van der Waals surface area contributed by atoms with Crippen molar-refractivity contribution in [3.63, 3.8) is 0 Å². The van der Waals surface area contributed by atoms with Gasteiger partial charge in [0.15, 0.2) is 0 Å². The molecule has 1 amide bonds. The number of aryl methyl sites for hydroxylation is 1. The molecule has 3 heteroatoms. The average molecular weight is 166 g/mol. The van der Waals surface area contributed by atoms with Gasteiger partial charge in [-0.25, -0.2) is 4.98 Å². The van der Waals surface area contributed by atoms with Crippen LogP contribution in [0, 0.1) is 6.92 Å². The first-order chi connectivity index (χ1) is 5.70. The Hall–Kier alpha value is -1.38.